The molecule has 2 heterocycles. The number of nitriles is 2. The lowest BCUT2D eigenvalue weighted by Crippen LogP contribution is -1.88. The lowest BCUT2D eigenvalue weighted by molar-refractivity contribution is 0.669. The zero-order valence-electron chi connectivity index (χ0n) is 28.9. The second-order valence-electron chi connectivity index (χ2n) is 13.5. The summed E-state index contributed by atoms with van der Waals surface area (Å²) in [5.74, 6) is 0. The fourth-order valence-corrected chi connectivity index (χ4v) is 7.73. The molecule has 250 valence electrons. The van der Waals surface area contributed by atoms with E-state index in [0.29, 0.717) is 11.1 Å². The first-order valence-electron chi connectivity index (χ1n) is 17.8. The third-order valence-corrected chi connectivity index (χ3v) is 10.3. The Bertz CT molecular complexity index is 2990. The monoisotopic (exact) mass is 688 g/mol. The molecule has 0 aliphatic rings. The number of fused-ring (bicyclic) bond motifs is 6. The van der Waals surface area contributed by atoms with Crippen molar-refractivity contribution in [3.8, 4) is 67.8 Å². The van der Waals surface area contributed by atoms with E-state index in [1.54, 1.807) is 0 Å². The summed E-state index contributed by atoms with van der Waals surface area (Å²) in [6, 6.07) is 62.0. The molecule has 4 heteroatoms. The minimum atomic E-state index is 0.578. The molecule has 10 aromatic rings. The van der Waals surface area contributed by atoms with Gasteiger partial charge in [-0.15, -0.1) is 0 Å². The van der Waals surface area contributed by atoms with E-state index >= 15 is 0 Å². The van der Waals surface area contributed by atoms with Gasteiger partial charge in [0.25, 0.3) is 0 Å². The molecule has 0 unspecified atom stereocenters. The Morgan fingerprint density at radius 2 is 0.667 bits per heavy atom. The Kier molecular flexibility index (Phi) is 7.22. The van der Waals surface area contributed by atoms with Crippen LogP contribution in [0.4, 0.5) is 0 Å². The second-order valence-corrected chi connectivity index (χ2v) is 13.5. The van der Waals surface area contributed by atoms with E-state index in [4.69, 9.17) is 8.83 Å². The van der Waals surface area contributed by atoms with Crippen LogP contribution < -0.4 is 0 Å². The largest absolute Gasteiger partial charge is 0.455 e. The Morgan fingerprint density at radius 1 is 0.315 bits per heavy atom. The highest BCUT2D eigenvalue weighted by Gasteiger charge is 2.16. The Balaban J connectivity index is 1.04. The molecule has 0 saturated heterocycles. The van der Waals surface area contributed by atoms with Gasteiger partial charge >= 0.3 is 0 Å². The molecule has 0 aliphatic carbocycles. The number of para-hydroxylation sites is 4. The van der Waals surface area contributed by atoms with E-state index in [9.17, 15) is 10.5 Å². The predicted octanol–water partition coefficient (Wildman–Crippen LogP) is 13.6. The van der Waals surface area contributed by atoms with Crippen molar-refractivity contribution in [2.75, 3.05) is 0 Å². The van der Waals surface area contributed by atoms with Crippen LogP contribution >= 0.6 is 0 Å². The average Bonchev–Trinajstić information content (AvgIpc) is 3.82. The van der Waals surface area contributed by atoms with Crippen LogP contribution in [-0.4, -0.2) is 0 Å². The summed E-state index contributed by atoms with van der Waals surface area (Å²) < 4.78 is 12.7. The summed E-state index contributed by atoms with van der Waals surface area (Å²) in [4.78, 5) is 0. The summed E-state index contributed by atoms with van der Waals surface area (Å²) in [6.07, 6.45) is 0. The molecule has 0 N–H and O–H groups in total. The van der Waals surface area contributed by atoms with Gasteiger partial charge in [0.2, 0.25) is 0 Å². The highest BCUT2D eigenvalue weighted by molar-refractivity contribution is 6.11. The minimum Gasteiger partial charge on any atom is -0.455 e. The average molecular weight is 689 g/mol. The van der Waals surface area contributed by atoms with E-state index in [0.717, 1.165) is 99.5 Å². The molecule has 4 nitrogen and oxygen atoms in total. The van der Waals surface area contributed by atoms with Gasteiger partial charge in [-0.2, -0.15) is 10.5 Å². The predicted molar refractivity (Wildman–Crippen MR) is 218 cm³/mol. The molecule has 10 rings (SSSR count). The summed E-state index contributed by atoms with van der Waals surface area (Å²) in [7, 11) is 0. The lowest BCUT2D eigenvalue weighted by atomic mass is 9.92. The first kappa shape index (κ1) is 31.1. The molecular formula is C50H28N2O2. The highest BCUT2D eigenvalue weighted by Crippen LogP contribution is 2.40. The fraction of sp³-hybridized carbons (Fsp3) is 0. The van der Waals surface area contributed by atoms with Crippen LogP contribution in [0.1, 0.15) is 11.1 Å². The Hall–Kier alpha value is -7.66. The third kappa shape index (κ3) is 5.22. The molecule has 0 aliphatic heterocycles. The van der Waals surface area contributed by atoms with Crippen LogP contribution in [0.2, 0.25) is 0 Å². The first-order chi connectivity index (χ1) is 26.6. The zero-order valence-corrected chi connectivity index (χ0v) is 28.9. The molecule has 54 heavy (non-hydrogen) atoms. The maximum absolute atomic E-state index is 10.1. The molecule has 0 spiro atoms. The normalized spacial score (nSPS) is 11.3. The van der Waals surface area contributed by atoms with Crippen molar-refractivity contribution >= 4 is 43.9 Å². The van der Waals surface area contributed by atoms with Gasteiger partial charge < -0.3 is 8.83 Å². The SMILES string of the molecule is N#Cc1cc(-c2cccc(-c3cccc(-c4cc(C#N)cc(-c5cccc6c5oc5ccccc56)c4)c3)c2)cc(-c2cccc3c2oc2ccccc23)c1. The van der Waals surface area contributed by atoms with Gasteiger partial charge in [0.05, 0.1) is 23.3 Å². The molecule has 0 bridgehead atoms. The zero-order chi connectivity index (χ0) is 36.2. The summed E-state index contributed by atoms with van der Waals surface area (Å²) in [6.45, 7) is 0. The van der Waals surface area contributed by atoms with Crippen LogP contribution in [0.3, 0.4) is 0 Å². The smallest absolute Gasteiger partial charge is 0.143 e. The van der Waals surface area contributed by atoms with Gasteiger partial charge in [0.15, 0.2) is 0 Å². The maximum Gasteiger partial charge on any atom is 0.143 e. The Labute approximate surface area is 311 Å². The van der Waals surface area contributed by atoms with Crippen molar-refractivity contribution < 1.29 is 8.83 Å². The van der Waals surface area contributed by atoms with Crippen LogP contribution in [0.5, 0.6) is 0 Å². The van der Waals surface area contributed by atoms with E-state index in [-0.39, 0.29) is 0 Å². The fourth-order valence-electron chi connectivity index (χ4n) is 7.73. The number of hydrogen-bond donors (Lipinski definition) is 0. The van der Waals surface area contributed by atoms with Gasteiger partial charge in [-0.3, -0.25) is 0 Å². The van der Waals surface area contributed by atoms with Crippen molar-refractivity contribution in [1.29, 1.82) is 10.5 Å². The standard InChI is InChI=1S/C50H28N2O2/c51-29-31-21-37(27-39(23-31)41-15-7-17-45-43-13-1-3-19-47(43)53-49(41)45)35-11-5-9-33(25-35)34-10-6-12-36(26-34)38-22-32(30-52)24-40(28-38)42-16-8-18-46-44-14-2-4-20-48(44)54-50(42)46/h1-28H. The maximum atomic E-state index is 10.1. The molecular weight excluding hydrogens is 661 g/mol. The van der Waals surface area contributed by atoms with Crippen molar-refractivity contribution in [2.45, 2.75) is 0 Å². The van der Waals surface area contributed by atoms with Crippen LogP contribution in [0.15, 0.2) is 179 Å². The number of rotatable bonds is 5. The molecule has 2 aromatic heterocycles. The van der Waals surface area contributed by atoms with Gasteiger partial charge in [-0.25, -0.2) is 0 Å². The number of hydrogen-bond acceptors (Lipinski definition) is 4. The molecule has 8 aromatic carbocycles. The molecule has 0 saturated carbocycles. The van der Waals surface area contributed by atoms with Gasteiger partial charge in [0.1, 0.15) is 22.3 Å². The van der Waals surface area contributed by atoms with E-state index in [1.807, 2.05) is 72.8 Å². The molecule has 0 amide bonds. The van der Waals surface area contributed by atoms with E-state index < -0.39 is 0 Å². The van der Waals surface area contributed by atoms with Crippen LogP contribution in [0, 0.1) is 22.7 Å². The summed E-state index contributed by atoms with van der Waals surface area (Å²) in [5, 5.41) is 24.4. The topological polar surface area (TPSA) is 73.9 Å². The first-order valence-corrected chi connectivity index (χ1v) is 17.8. The van der Waals surface area contributed by atoms with E-state index in [1.165, 1.54) is 0 Å². The molecule has 0 atom stereocenters. The minimum absolute atomic E-state index is 0.578. The Morgan fingerprint density at radius 3 is 1.11 bits per heavy atom. The van der Waals surface area contributed by atoms with Crippen LogP contribution in [0.25, 0.3) is 99.5 Å². The van der Waals surface area contributed by atoms with Crippen molar-refractivity contribution in [3.05, 3.63) is 181 Å². The quantitative estimate of drug-likeness (QED) is 0.180. The summed E-state index contributed by atoms with van der Waals surface area (Å²) in [5.41, 5.74) is 14.2. The molecule has 0 fully saturated rings. The van der Waals surface area contributed by atoms with Gasteiger partial charge in [-0.05, 0) is 105 Å². The van der Waals surface area contributed by atoms with Crippen molar-refractivity contribution in [1.82, 2.24) is 0 Å². The van der Waals surface area contributed by atoms with Crippen molar-refractivity contribution in [3.63, 3.8) is 0 Å². The number of furan rings is 2. The van der Waals surface area contributed by atoms with Gasteiger partial charge in [-0.1, -0.05) is 109 Å². The van der Waals surface area contributed by atoms with E-state index in [2.05, 4.69) is 109 Å². The van der Waals surface area contributed by atoms with Crippen LogP contribution in [-0.2, 0) is 0 Å². The summed E-state index contributed by atoms with van der Waals surface area (Å²) >= 11 is 0. The number of benzene rings is 8. The third-order valence-electron chi connectivity index (χ3n) is 10.3. The number of nitrogens with zero attached hydrogens (tertiary/aromatic N) is 2. The van der Waals surface area contributed by atoms with Gasteiger partial charge in [0, 0.05) is 32.7 Å². The lowest BCUT2D eigenvalue weighted by Gasteiger charge is -2.12. The van der Waals surface area contributed by atoms with Crippen molar-refractivity contribution in [2.24, 2.45) is 0 Å². The second kappa shape index (κ2) is 12.5. The molecule has 0 radical (unpaired) electrons. The highest BCUT2D eigenvalue weighted by atomic mass is 16.3.